The highest BCUT2D eigenvalue weighted by molar-refractivity contribution is 7.92. The zero-order chi connectivity index (χ0) is 13.5. The van der Waals surface area contributed by atoms with Crippen LogP contribution in [0, 0.1) is 0 Å². The SMILES string of the molecule is CN(c1ccc(C2CO2)cc1C(N)=O)S(C)(=O)=O. The molecule has 1 aromatic carbocycles. The second-order valence-corrected chi connectivity index (χ2v) is 6.21. The minimum atomic E-state index is -3.44. The van der Waals surface area contributed by atoms with Gasteiger partial charge >= 0.3 is 0 Å². The van der Waals surface area contributed by atoms with Gasteiger partial charge in [0.25, 0.3) is 5.91 Å². The van der Waals surface area contributed by atoms with Crippen LogP contribution >= 0.6 is 0 Å². The quantitative estimate of drug-likeness (QED) is 0.794. The highest BCUT2D eigenvalue weighted by atomic mass is 32.2. The minimum absolute atomic E-state index is 0.0133. The third kappa shape index (κ3) is 2.46. The molecule has 98 valence electrons. The number of rotatable bonds is 4. The molecule has 0 saturated carbocycles. The van der Waals surface area contributed by atoms with Crippen LogP contribution in [0.3, 0.4) is 0 Å². The Bertz CT molecular complexity index is 593. The van der Waals surface area contributed by atoms with E-state index in [1.807, 2.05) is 0 Å². The zero-order valence-corrected chi connectivity index (χ0v) is 10.9. The number of benzene rings is 1. The van der Waals surface area contributed by atoms with Crippen LogP contribution in [0.5, 0.6) is 0 Å². The molecule has 6 nitrogen and oxygen atoms in total. The number of nitrogens with zero attached hydrogens (tertiary/aromatic N) is 1. The van der Waals surface area contributed by atoms with Crippen molar-refractivity contribution < 1.29 is 17.9 Å². The van der Waals surface area contributed by atoms with Crippen LogP contribution in [0.1, 0.15) is 22.0 Å². The predicted molar refractivity (Wildman–Crippen MR) is 66.9 cm³/mol. The standard InChI is InChI=1S/C11H14N2O4S/c1-13(18(2,15)16)9-4-3-7(10-6-17-10)5-8(9)11(12)14/h3-5,10H,6H2,1-2H3,(H2,12,14). The minimum Gasteiger partial charge on any atom is -0.368 e. The molecule has 0 aliphatic carbocycles. The average Bonchev–Trinajstić information content (AvgIpc) is 3.09. The van der Waals surface area contributed by atoms with Crippen molar-refractivity contribution in [2.24, 2.45) is 5.73 Å². The van der Waals surface area contributed by atoms with Crippen molar-refractivity contribution in [1.29, 1.82) is 0 Å². The highest BCUT2D eigenvalue weighted by Gasteiger charge is 2.27. The van der Waals surface area contributed by atoms with Gasteiger partial charge in [-0.3, -0.25) is 9.10 Å². The van der Waals surface area contributed by atoms with E-state index in [4.69, 9.17) is 10.5 Å². The topological polar surface area (TPSA) is 93.0 Å². The van der Waals surface area contributed by atoms with Crippen LogP contribution in [0.25, 0.3) is 0 Å². The number of hydrogen-bond donors (Lipinski definition) is 1. The van der Waals surface area contributed by atoms with Gasteiger partial charge in [-0.2, -0.15) is 0 Å². The number of sulfonamides is 1. The van der Waals surface area contributed by atoms with Crippen molar-refractivity contribution in [2.45, 2.75) is 6.10 Å². The first-order chi connectivity index (χ1) is 8.30. The van der Waals surface area contributed by atoms with Crippen LogP contribution in [0.15, 0.2) is 18.2 Å². The zero-order valence-electron chi connectivity index (χ0n) is 10.1. The van der Waals surface area contributed by atoms with E-state index >= 15 is 0 Å². The van der Waals surface area contributed by atoms with Gasteiger partial charge in [-0.25, -0.2) is 8.42 Å². The number of ether oxygens (including phenoxy) is 1. The smallest absolute Gasteiger partial charge is 0.250 e. The molecule has 0 spiro atoms. The first kappa shape index (κ1) is 12.8. The molecule has 1 heterocycles. The second-order valence-electron chi connectivity index (χ2n) is 4.19. The van der Waals surface area contributed by atoms with Crippen LogP contribution in [-0.2, 0) is 14.8 Å². The van der Waals surface area contributed by atoms with E-state index in [9.17, 15) is 13.2 Å². The van der Waals surface area contributed by atoms with E-state index in [0.29, 0.717) is 6.61 Å². The van der Waals surface area contributed by atoms with Crippen LogP contribution < -0.4 is 10.0 Å². The number of epoxide rings is 1. The molecule has 2 rings (SSSR count). The molecule has 0 aromatic heterocycles. The van der Waals surface area contributed by atoms with Gasteiger partial charge in [0, 0.05) is 7.05 Å². The summed E-state index contributed by atoms with van der Waals surface area (Å²) in [5, 5.41) is 0. The number of amides is 1. The predicted octanol–water partition coefficient (Wildman–Crippen LogP) is 0.253. The van der Waals surface area contributed by atoms with E-state index in [1.165, 1.54) is 7.05 Å². The van der Waals surface area contributed by atoms with Crippen molar-refractivity contribution in [3.63, 3.8) is 0 Å². The molecule has 18 heavy (non-hydrogen) atoms. The van der Waals surface area contributed by atoms with Gasteiger partial charge in [0.2, 0.25) is 10.0 Å². The Morgan fingerprint density at radius 3 is 2.56 bits per heavy atom. The third-order valence-electron chi connectivity index (χ3n) is 2.83. The van der Waals surface area contributed by atoms with Gasteiger partial charge in [-0.15, -0.1) is 0 Å². The molecule has 1 amide bonds. The van der Waals surface area contributed by atoms with Crippen LogP contribution in [0.4, 0.5) is 5.69 Å². The first-order valence-corrected chi connectivity index (χ1v) is 7.15. The summed E-state index contributed by atoms with van der Waals surface area (Å²) >= 11 is 0. The lowest BCUT2D eigenvalue weighted by molar-refractivity contribution is 0.100. The summed E-state index contributed by atoms with van der Waals surface area (Å²) in [5.41, 5.74) is 6.56. The maximum Gasteiger partial charge on any atom is 0.250 e. The van der Waals surface area contributed by atoms with Crippen molar-refractivity contribution >= 4 is 21.6 Å². The molecular weight excluding hydrogens is 256 g/mol. The Morgan fingerprint density at radius 2 is 2.11 bits per heavy atom. The van der Waals surface area contributed by atoms with Gasteiger partial charge < -0.3 is 10.5 Å². The normalized spacial score (nSPS) is 18.4. The Labute approximate surface area is 105 Å². The number of hydrogen-bond acceptors (Lipinski definition) is 4. The monoisotopic (exact) mass is 270 g/mol. The average molecular weight is 270 g/mol. The molecule has 1 aliphatic heterocycles. The largest absolute Gasteiger partial charge is 0.368 e. The van der Waals surface area contributed by atoms with Gasteiger partial charge in [-0.1, -0.05) is 6.07 Å². The Kier molecular flexibility index (Phi) is 3.04. The lowest BCUT2D eigenvalue weighted by Gasteiger charge is -2.19. The molecule has 1 aliphatic rings. The maximum absolute atomic E-state index is 11.5. The summed E-state index contributed by atoms with van der Waals surface area (Å²) < 4.78 is 29.1. The van der Waals surface area contributed by atoms with Crippen molar-refractivity contribution in [3.8, 4) is 0 Å². The van der Waals surface area contributed by atoms with Crippen molar-refractivity contribution in [3.05, 3.63) is 29.3 Å². The summed E-state index contributed by atoms with van der Waals surface area (Å²) in [5.74, 6) is -0.664. The molecule has 1 unspecified atom stereocenters. The van der Waals surface area contributed by atoms with Gasteiger partial charge in [0.15, 0.2) is 0 Å². The lowest BCUT2D eigenvalue weighted by atomic mass is 10.1. The molecule has 7 heteroatoms. The number of anilines is 1. The molecule has 1 saturated heterocycles. The Balaban J connectivity index is 2.49. The van der Waals surface area contributed by atoms with E-state index in [0.717, 1.165) is 16.1 Å². The Hall–Kier alpha value is -1.60. The number of primary amides is 1. The van der Waals surface area contributed by atoms with E-state index in [-0.39, 0.29) is 17.4 Å². The summed E-state index contributed by atoms with van der Waals surface area (Å²) in [7, 11) is -2.06. The second kappa shape index (κ2) is 4.25. The summed E-state index contributed by atoms with van der Waals surface area (Å²) in [6, 6.07) is 4.89. The number of carbonyl (C=O) groups excluding carboxylic acids is 1. The van der Waals surface area contributed by atoms with Crippen LogP contribution in [0.2, 0.25) is 0 Å². The molecule has 0 radical (unpaired) electrons. The Morgan fingerprint density at radius 1 is 1.50 bits per heavy atom. The number of carbonyl (C=O) groups is 1. The van der Waals surface area contributed by atoms with Gasteiger partial charge in [-0.05, 0) is 17.7 Å². The molecule has 0 bridgehead atoms. The van der Waals surface area contributed by atoms with Gasteiger partial charge in [0.1, 0.15) is 6.10 Å². The van der Waals surface area contributed by atoms with Gasteiger partial charge in [0.05, 0.1) is 24.1 Å². The van der Waals surface area contributed by atoms with E-state index in [2.05, 4.69) is 0 Å². The molecular formula is C11H14N2O4S. The lowest BCUT2D eigenvalue weighted by Crippen LogP contribution is -2.28. The summed E-state index contributed by atoms with van der Waals surface area (Å²) in [4.78, 5) is 11.4. The van der Waals surface area contributed by atoms with Crippen molar-refractivity contribution in [1.82, 2.24) is 0 Å². The molecule has 1 aromatic rings. The van der Waals surface area contributed by atoms with E-state index < -0.39 is 15.9 Å². The molecule has 1 atom stereocenters. The fourth-order valence-corrected chi connectivity index (χ4v) is 2.16. The number of nitrogens with two attached hydrogens (primary N) is 1. The third-order valence-corrected chi connectivity index (χ3v) is 4.02. The highest BCUT2D eigenvalue weighted by Crippen LogP contribution is 2.33. The molecule has 1 fully saturated rings. The first-order valence-electron chi connectivity index (χ1n) is 5.30. The van der Waals surface area contributed by atoms with Crippen molar-refractivity contribution in [2.75, 3.05) is 24.2 Å². The fraction of sp³-hybridized carbons (Fsp3) is 0.364. The van der Waals surface area contributed by atoms with Crippen LogP contribution in [-0.4, -0.2) is 34.2 Å². The molecule has 2 N–H and O–H groups in total. The summed E-state index contributed by atoms with van der Waals surface area (Å²) in [6.45, 7) is 0.611. The maximum atomic E-state index is 11.5. The van der Waals surface area contributed by atoms with E-state index in [1.54, 1.807) is 18.2 Å². The summed E-state index contributed by atoms with van der Waals surface area (Å²) in [6.07, 6.45) is 1.05. The fourth-order valence-electron chi connectivity index (χ4n) is 1.65.